The van der Waals surface area contributed by atoms with E-state index in [2.05, 4.69) is 41.4 Å². The van der Waals surface area contributed by atoms with Crippen LogP contribution in [0.1, 0.15) is 16.7 Å². The van der Waals surface area contributed by atoms with Crippen molar-refractivity contribution < 1.29 is 4.79 Å². The van der Waals surface area contributed by atoms with Crippen LogP contribution in [0.25, 0.3) is 0 Å². The first-order valence-electron chi connectivity index (χ1n) is 8.48. The molecule has 0 aromatic heterocycles. The second kappa shape index (κ2) is 6.95. The van der Waals surface area contributed by atoms with E-state index in [0.717, 1.165) is 43.0 Å². The highest BCUT2D eigenvalue weighted by Crippen LogP contribution is 2.21. The van der Waals surface area contributed by atoms with E-state index >= 15 is 0 Å². The number of aryl methyl sites for hydroxylation is 3. The molecule has 1 aliphatic heterocycles. The maximum atomic E-state index is 12.6. The number of hydrogen-bond donors (Lipinski definition) is 1. The molecule has 2 aromatic rings. The zero-order chi connectivity index (χ0) is 17.1. The molecule has 0 saturated carbocycles. The molecule has 2 amide bonds. The zero-order valence-electron chi connectivity index (χ0n) is 14.7. The summed E-state index contributed by atoms with van der Waals surface area (Å²) in [6.07, 6.45) is 0. The van der Waals surface area contributed by atoms with Crippen molar-refractivity contribution in [2.45, 2.75) is 20.8 Å². The predicted octanol–water partition coefficient (Wildman–Crippen LogP) is 3.97. The lowest BCUT2D eigenvalue weighted by molar-refractivity contribution is 0.208. The molecule has 0 unspecified atom stereocenters. The third-order valence-corrected chi connectivity index (χ3v) is 4.68. The van der Waals surface area contributed by atoms with E-state index < -0.39 is 0 Å². The first kappa shape index (κ1) is 16.4. The Bertz CT molecular complexity index is 696. The van der Waals surface area contributed by atoms with Gasteiger partial charge in [-0.3, -0.25) is 0 Å². The molecule has 1 fully saturated rings. The normalized spacial score (nSPS) is 14.6. The summed E-state index contributed by atoms with van der Waals surface area (Å²) < 4.78 is 0. The minimum Gasteiger partial charge on any atom is -0.368 e. The Morgan fingerprint density at radius 2 is 1.46 bits per heavy atom. The van der Waals surface area contributed by atoms with Crippen LogP contribution in [0.3, 0.4) is 0 Å². The molecule has 2 aromatic carbocycles. The molecule has 0 radical (unpaired) electrons. The lowest BCUT2D eigenvalue weighted by Crippen LogP contribution is -2.50. The maximum absolute atomic E-state index is 12.6. The fourth-order valence-corrected chi connectivity index (χ4v) is 3.12. The Morgan fingerprint density at radius 3 is 2.04 bits per heavy atom. The molecule has 4 nitrogen and oxygen atoms in total. The molecule has 1 saturated heterocycles. The molecule has 0 aliphatic carbocycles. The number of nitrogens with one attached hydrogen (secondary N) is 1. The topological polar surface area (TPSA) is 35.6 Å². The van der Waals surface area contributed by atoms with Crippen molar-refractivity contribution in [1.82, 2.24) is 4.90 Å². The molecule has 4 heteroatoms. The predicted molar refractivity (Wildman–Crippen MR) is 99.9 cm³/mol. The number of anilines is 2. The highest BCUT2D eigenvalue weighted by atomic mass is 16.2. The van der Waals surface area contributed by atoms with E-state index in [4.69, 9.17) is 0 Å². The summed E-state index contributed by atoms with van der Waals surface area (Å²) in [4.78, 5) is 16.8. The fourth-order valence-electron chi connectivity index (χ4n) is 3.12. The zero-order valence-corrected chi connectivity index (χ0v) is 14.7. The fraction of sp³-hybridized carbons (Fsp3) is 0.350. The SMILES string of the molecule is Cc1ccc(N2CCN(C(=O)Nc3c(C)cccc3C)CC2)cc1. The van der Waals surface area contributed by atoms with E-state index in [1.807, 2.05) is 36.9 Å². The summed E-state index contributed by atoms with van der Waals surface area (Å²) in [7, 11) is 0. The maximum Gasteiger partial charge on any atom is 0.321 e. The van der Waals surface area contributed by atoms with Crippen LogP contribution in [0.5, 0.6) is 0 Å². The number of urea groups is 1. The molecule has 0 spiro atoms. The van der Waals surface area contributed by atoms with E-state index in [1.165, 1.54) is 11.3 Å². The van der Waals surface area contributed by atoms with E-state index in [1.54, 1.807) is 0 Å². The smallest absolute Gasteiger partial charge is 0.321 e. The third kappa shape index (κ3) is 3.53. The Labute approximate surface area is 144 Å². The van der Waals surface area contributed by atoms with Crippen LogP contribution >= 0.6 is 0 Å². The van der Waals surface area contributed by atoms with E-state index in [0.29, 0.717) is 0 Å². The van der Waals surface area contributed by atoms with Crippen LogP contribution in [0.15, 0.2) is 42.5 Å². The molecule has 24 heavy (non-hydrogen) atoms. The first-order valence-corrected chi connectivity index (χ1v) is 8.48. The molecule has 3 rings (SSSR count). The number of hydrogen-bond acceptors (Lipinski definition) is 2. The van der Waals surface area contributed by atoms with Crippen molar-refractivity contribution in [2.24, 2.45) is 0 Å². The summed E-state index contributed by atoms with van der Waals surface area (Å²) >= 11 is 0. The van der Waals surface area contributed by atoms with Gasteiger partial charge in [0.15, 0.2) is 0 Å². The minimum absolute atomic E-state index is 0.00374. The van der Waals surface area contributed by atoms with Crippen molar-refractivity contribution in [3.05, 3.63) is 59.2 Å². The minimum atomic E-state index is -0.00374. The third-order valence-electron chi connectivity index (χ3n) is 4.68. The number of piperazine rings is 1. The summed E-state index contributed by atoms with van der Waals surface area (Å²) in [5, 5.41) is 3.08. The Hall–Kier alpha value is -2.49. The van der Waals surface area contributed by atoms with Gasteiger partial charge in [-0.25, -0.2) is 4.79 Å². The highest BCUT2D eigenvalue weighted by Gasteiger charge is 2.22. The van der Waals surface area contributed by atoms with Crippen molar-refractivity contribution in [3.8, 4) is 0 Å². The number of carbonyl (C=O) groups is 1. The van der Waals surface area contributed by atoms with Gasteiger partial charge in [-0.15, -0.1) is 0 Å². The molecule has 126 valence electrons. The lowest BCUT2D eigenvalue weighted by atomic mass is 10.1. The highest BCUT2D eigenvalue weighted by molar-refractivity contribution is 5.91. The average molecular weight is 323 g/mol. The van der Waals surface area contributed by atoms with E-state index in [9.17, 15) is 4.79 Å². The quantitative estimate of drug-likeness (QED) is 0.908. The van der Waals surface area contributed by atoms with Crippen LogP contribution in [-0.2, 0) is 0 Å². The van der Waals surface area contributed by atoms with Gasteiger partial charge in [0.1, 0.15) is 0 Å². The van der Waals surface area contributed by atoms with Crippen molar-refractivity contribution in [3.63, 3.8) is 0 Å². The monoisotopic (exact) mass is 323 g/mol. The molecular formula is C20H25N3O. The number of nitrogens with zero attached hydrogens (tertiary/aromatic N) is 2. The summed E-state index contributed by atoms with van der Waals surface area (Å²) in [5.41, 5.74) is 5.63. The van der Waals surface area contributed by atoms with Crippen molar-refractivity contribution >= 4 is 17.4 Å². The largest absolute Gasteiger partial charge is 0.368 e. The molecule has 1 heterocycles. The standard InChI is InChI=1S/C20H25N3O/c1-15-7-9-18(10-8-15)22-11-13-23(14-12-22)20(24)21-19-16(2)5-4-6-17(19)3/h4-10H,11-14H2,1-3H3,(H,21,24). The molecule has 0 bridgehead atoms. The van der Waals surface area contributed by atoms with Crippen molar-refractivity contribution in [1.29, 1.82) is 0 Å². The number of para-hydroxylation sites is 1. The average Bonchev–Trinajstić information content (AvgIpc) is 2.59. The van der Waals surface area contributed by atoms with Crippen molar-refractivity contribution in [2.75, 3.05) is 36.4 Å². The van der Waals surface area contributed by atoms with Crippen LogP contribution in [-0.4, -0.2) is 37.1 Å². The van der Waals surface area contributed by atoms with Gasteiger partial charge in [-0.05, 0) is 44.0 Å². The number of carbonyl (C=O) groups excluding carboxylic acids is 1. The Morgan fingerprint density at radius 1 is 0.875 bits per heavy atom. The van der Waals surface area contributed by atoms with E-state index in [-0.39, 0.29) is 6.03 Å². The molecule has 1 N–H and O–H groups in total. The Balaban J connectivity index is 1.60. The van der Waals surface area contributed by atoms with Crippen LogP contribution in [0, 0.1) is 20.8 Å². The first-order chi connectivity index (χ1) is 11.5. The van der Waals surface area contributed by atoms with Gasteiger partial charge < -0.3 is 15.1 Å². The number of rotatable bonds is 2. The van der Waals surface area contributed by atoms with Crippen LogP contribution in [0.2, 0.25) is 0 Å². The second-order valence-electron chi connectivity index (χ2n) is 6.51. The molecular weight excluding hydrogens is 298 g/mol. The summed E-state index contributed by atoms with van der Waals surface area (Å²) in [5.74, 6) is 0. The van der Waals surface area contributed by atoms with Gasteiger partial charge in [0.05, 0.1) is 0 Å². The van der Waals surface area contributed by atoms with Gasteiger partial charge in [-0.2, -0.15) is 0 Å². The molecule has 0 atom stereocenters. The van der Waals surface area contributed by atoms with Crippen LogP contribution in [0.4, 0.5) is 16.2 Å². The lowest BCUT2D eigenvalue weighted by Gasteiger charge is -2.36. The summed E-state index contributed by atoms with van der Waals surface area (Å²) in [6.45, 7) is 9.36. The number of benzene rings is 2. The van der Waals surface area contributed by atoms with Gasteiger partial charge in [-0.1, -0.05) is 35.9 Å². The van der Waals surface area contributed by atoms with Gasteiger partial charge in [0.25, 0.3) is 0 Å². The summed E-state index contributed by atoms with van der Waals surface area (Å²) in [6, 6.07) is 14.6. The van der Waals surface area contributed by atoms with Gasteiger partial charge in [0, 0.05) is 37.6 Å². The second-order valence-corrected chi connectivity index (χ2v) is 6.51. The number of amides is 2. The van der Waals surface area contributed by atoms with Gasteiger partial charge in [0.2, 0.25) is 0 Å². The Kier molecular flexibility index (Phi) is 4.74. The van der Waals surface area contributed by atoms with Gasteiger partial charge >= 0.3 is 6.03 Å². The molecule has 1 aliphatic rings. The van der Waals surface area contributed by atoms with Crippen LogP contribution < -0.4 is 10.2 Å².